The molecule has 0 spiro atoms. The monoisotopic (exact) mass is 126 g/mol. The number of hydrogen-bond donors (Lipinski definition) is 1. The fourth-order valence-corrected chi connectivity index (χ4v) is 0.571. The zero-order valence-electron chi connectivity index (χ0n) is 4.80. The molecule has 0 aromatic rings. The second-order valence-electron chi connectivity index (χ2n) is 1.34. The zero-order valence-corrected chi connectivity index (χ0v) is 5.70. The van der Waals surface area contributed by atoms with E-state index in [1.54, 1.807) is 12.2 Å². The Hall–Kier alpha value is -0.430. The van der Waals surface area contributed by atoms with E-state index in [0.717, 1.165) is 11.3 Å². The normalized spacial score (nSPS) is 10.9. The van der Waals surface area contributed by atoms with Crippen LogP contribution < -0.4 is 0 Å². The van der Waals surface area contributed by atoms with Crippen molar-refractivity contribution in [2.24, 2.45) is 0 Å². The molecule has 0 saturated carbocycles. The van der Waals surface area contributed by atoms with Gasteiger partial charge in [-0.15, -0.1) is 0 Å². The molecule has 0 N–H and O–H groups in total. The molecule has 0 nitrogen and oxygen atoms in total. The Morgan fingerprint density at radius 1 is 1.50 bits per heavy atom. The van der Waals surface area contributed by atoms with Gasteiger partial charge in [-0.05, 0) is 5.57 Å². The van der Waals surface area contributed by atoms with Crippen LogP contribution in [0.25, 0.3) is 0 Å². The predicted molar refractivity (Wildman–Crippen MR) is 42.3 cm³/mol. The first-order valence-electron chi connectivity index (χ1n) is 2.40. The van der Waals surface area contributed by atoms with Crippen molar-refractivity contribution in [3.8, 4) is 0 Å². The van der Waals surface area contributed by atoms with E-state index in [4.69, 9.17) is 0 Å². The number of thiol groups is 1. The van der Waals surface area contributed by atoms with Crippen LogP contribution >= 0.6 is 12.6 Å². The number of hydrogen-bond acceptors (Lipinski definition) is 1. The topological polar surface area (TPSA) is 0 Å². The predicted octanol–water partition coefficient (Wildman–Crippen LogP) is 2.21. The van der Waals surface area contributed by atoms with Gasteiger partial charge in [-0.1, -0.05) is 31.4 Å². The number of rotatable bonds is 3. The smallest absolute Gasteiger partial charge is 0.0154 e. The second kappa shape index (κ2) is 4.72. The summed E-state index contributed by atoms with van der Waals surface area (Å²) in [6.07, 6.45) is 5.39. The van der Waals surface area contributed by atoms with Gasteiger partial charge >= 0.3 is 0 Å². The van der Waals surface area contributed by atoms with E-state index in [0.29, 0.717) is 0 Å². The first-order valence-corrected chi connectivity index (χ1v) is 3.03. The Kier molecular flexibility index (Phi) is 4.47. The highest BCUT2D eigenvalue weighted by molar-refractivity contribution is 7.80. The summed E-state index contributed by atoms with van der Waals surface area (Å²) in [4.78, 5) is 0. The Bertz CT molecular complexity index is 112. The summed E-state index contributed by atoms with van der Waals surface area (Å²) in [7, 11) is 0. The molecule has 0 bridgehead atoms. The maximum atomic E-state index is 4.04. The minimum absolute atomic E-state index is 0.732. The van der Waals surface area contributed by atoms with Crippen LogP contribution in [0.2, 0.25) is 0 Å². The van der Waals surface area contributed by atoms with Crippen molar-refractivity contribution in [2.75, 3.05) is 5.75 Å². The van der Waals surface area contributed by atoms with Crippen LogP contribution in [0.4, 0.5) is 0 Å². The molecule has 44 valence electrons. The third-order valence-corrected chi connectivity index (χ3v) is 1.14. The average Bonchev–Trinajstić information content (AvgIpc) is 1.83. The van der Waals surface area contributed by atoms with Gasteiger partial charge in [0.1, 0.15) is 0 Å². The van der Waals surface area contributed by atoms with Crippen LogP contribution in [0.3, 0.4) is 0 Å². The van der Waals surface area contributed by atoms with E-state index in [-0.39, 0.29) is 0 Å². The summed E-state index contributed by atoms with van der Waals surface area (Å²) in [6.45, 7) is 7.12. The van der Waals surface area contributed by atoms with Crippen LogP contribution in [0.5, 0.6) is 0 Å². The van der Waals surface area contributed by atoms with E-state index < -0.39 is 0 Å². The van der Waals surface area contributed by atoms with E-state index in [1.807, 2.05) is 6.08 Å². The SMILES string of the molecule is C=C/C=C(\C=C)CS. The van der Waals surface area contributed by atoms with Gasteiger partial charge in [0.2, 0.25) is 0 Å². The van der Waals surface area contributed by atoms with Crippen molar-refractivity contribution >= 4 is 12.6 Å². The second-order valence-corrected chi connectivity index (χ2v) is 1.66. The van der Waals surface area contributed by atoms with Gasteiger partial charge in [0.15, 0.2) is 0 Å². The lowest BCUT2D eigenvalue weighted by Crippen LogP contribution is -1.74. The van der Waals surface area contributed by atoms with E-state index >= 15 is 0 Å². The number of allylic oxidation sites excluding steroid dienone is 3. The highest BCUT2D eigenvalue weighted by atomic mass is 32.1. The van der Waals surface area contributed by atoms with Gasteiger partial charge in [0, 0.05) is 5.75 Å². The van der Waals surface area contributed by atoms with Crippen LogP contribution in [0.1, 0.15) is 0 Å². The van der Waals surface area contributed by atoms with Crippen molar-refractivity contribution in [3.63, 3.8) is 0 Å². The molecule has 0 aromatic carbocycles. The van der Waals surface area contributed by atoms with Gasteiger partial charge < -0.3 is 0 Å². The van der Waals surface area contributed by atoms with Crippen molar-refractivity contribution in [3.05, 3.63) is 37.0 Å². The molecule has 0 heterocycles. The summed E-state index contributed by atoms with van der Waals surface area (Å²) in [5.74, 6) is 0.732. The Labute approximate surface area is 56.0 Å². The van der Waals surface area contributed by atoms with E-state index in [2.05, 4.69) is 25.8 Å². The van der Waals surface area contributed by atoms with E-state index in [9.17, 15) is 0 Å². The van der Waals surface area contributed by atoms with Gasteiger partial charge in [-0.2, -0.15) is 12.6 Å². The molecule has 0 fully saturated rings. The van der Waals surface area contributed by atoms with Crippen molar-refractivity contribution in [1.82, 2.24) is 0 Å². The van der Waals surface area contributed by atoms with Crippen molar-refractivity contribution in [2.45, 2.75) is 0 Å². The fourth-order valence-electron chi connectivity index (χ4n) is 0.337. The quantitative estimate of drug-likeness (QED) is 0.435. The molecule has 0 aliphatic carbocycles. The first-order chi connectivity index (χ1) is 3.85. The first kappa shape index (κ1) is 7.57. The molecule has 8 heavy (non-hydrogen) atoms. The highest BCUT2D eigenvalue weighted by Crippen LogP contribution is 1.96. The third kappa shape index (κ3) is 2.69. The molecular formula is C7H10S. The lowest BCUT2D eigenvalue weighted by atomic mass is 10.3. The lowest BCUT2D eigenvalue weighted by Gasteiger charge is -1.88. The Morgan fingerprint density at radius 3 is 2.25 bits per heavy atom. The molecule has 0 aliphatic heterocycles. The maximum absolute atomic E-state index is 4.04. The minimum Gasteiger partial charge on any atom is -0.175 e. The summed E-state index contributed by atoms with van der Waals surface area (Å²) in [6, 6.07) is 0. The molecule has 0 aliphatic rings. The highest BCUT2D eigenvalue weighted by Gasteiger charge is 1.79. The van der Waals surface area contributed by atoms with E-state index in [1.165, 1.54) is 0 Å². The van der Waals surface area contributed by atoms with Gasteiger partial charge in [-0.25, -0.2) is 0 Å². The molecule has 0 amide bonds. The fraction of sp³-hybridized carbons (Fsp3) is 0.143. The largest absolute Gasteiger partial charge is 0.175 e. The van der Waals surface area contributed by atoms with Crippen LogP contribution in [0.15, 0.2) is 37.0 Å². The molecular weight excluding hydrogens is 116 g/mol. The van der Waals surface area contributed by atoms with Crippen molar-refractivity contribution < 1.29 is 0 Å². The summed E-state index contributed by atoms with van der Waals surface area (Å²) in [5, 5.41) is 0. The third-order valence-electron chi connectivity index (χ3n) is 0.777. The summed E-state index contributed by atoms with van der Waals surface area (Å²) in [5.41, 5.74) is 1.10. The molecule has 0 unspecified atom stereocenters. The molecule has 0 rings (SSSR count). The molecule has 0 aromatic heterocycles. The molecule has 0 saturated heterocycles. The standard InChI is InChI=1S/C7H10S/c1-3-5-7(4-2)6-8/h3-5,8H,1-2,6H2/b7-5+. The van der Waals surface area contributed by atoms with Gasteiger partial charge in [0.25, 0.3) is 0 Å². The molecule has 0 radical (unpaired) electrons. The summed E-state index contributed by atoms with van der Waals surface area (Å²) >= 11 is 4.04. The van der Waals surface area contributed by atoms with Gasteiger partial charge in [-0.3, -0.25) is 0 Å². The maximum Gasteiger partial charge on any atom is 0.0154 e. The lowest BCUT2D eigenvalue weighted by molar-refractivity contribution is 1.57. The molecule has 0 atom stereocenters. The Balaban J connectivity index is 3.84. The van der Waals surface area contributed by atoms with Crippen LogP contribution in [0, 0.1) is 0 Å². The summed E-state index contributed by atoms with van der Waals surface area (Å²) < 4.78 is 0. The average molecular weight is 126 g/mol. The zero-order chi connectivity index (χ0) is 6.41. The Morgan fingerprint density at radius 2 is 2.12 bits per heavy atom. The minimum atomic E-state index is 0.732. The van der Waals surface area contributed by atoms with Crippen molar-refractivity contribution in [1.29, 1.82) is 0 Å². The van der Waals surface area contributed by atoms with Gasteiger partial charge in [0.05, 0.1) is 0 Å². The van der Waals surface area contributed by atoms with Crippen LogP contribution in [-0.2, 0) is 0 Å². The molecule has 1 heteroatoms. The van der Waals surface area contributed by atoms with Crippen LogP contribution in [-0.4, -0.2) is 5.75 Å².